The maximum Gasteiger partial charge on any atom is 0.243 e. The van der Waals surface area contributed by atoms with Gasteiger partial charge in [-0.15, -0.1) is 0 Å². The summed E-state index contributed by atoms with van der Waals surface area (Å²) in [4.78, 5) is 17.0. The fourth-order valence-corrected chi connectivity index (χ4v) is 5.86. The van der Waals surface area contributed by atoms with Gasteiger partial charge < -0.3 is 5.32 Å². The van der Waals surface area contributed by atoms with Crippen molar-refractivity contribution in [3.63, 3.8) is 0 Å². The third-order valence-corrected chi connectivity index (χ3v) is 7.97. The van der Waals surface area contributed by atoms with Crippen LogP contribution in [0.2, 0.25) is 0 Å². The number of thioether (sulfide) groups is 1. The third-order valence-electron chi connectivity index (χ3n) is 5.17. The van der Waals surface area contributed by atoms with Gasteiger partial charge in [0.1, 0.15) is 5.82 Å². The van der Waals surface area contributed by atoms with Crippen LogP contribution < -0.4 is 5.32 Å². The predicted molar refractivity (Wildman–Crippen MR) is 120 cm³/mol. The summed E-state index contributed by atoms with van der Waals surface area (Å²) in [6.45, 7) is 3.00. The first-order chi connectivity index (χ1) is 14.8. The maximum atomic E-state index is 13.7. The number of benzene rings is 2. The van der Waals surface area contributed by atoms with Crippen molar-refractivity contribution in [3.05, 3.63) is 59.9 Å². The Kier molecular flexibility index (Phi) is 6.27. The Morgan fingerprint density at radius 1 is 1.16 bits per heavy atom. The lowest BCUT2D eigenvalue weighted by Crippen LogP contribution is -2.27. The zero-order valence-electron chi connectivity index (χ0n) is 17.0. The highest BCUT2D eigenvalue weighted by Crippen LogP contribution is 2.28. The van der Waals surface area contributed by atoms with E-state index < -0.39 is 15.8 Å². The summed E-state index contributed by atoms with van der Waals surface area (Å²) in [5.74, 6) is -0.741. The Morgan fingerprint density at radius 2 is 1.90 bits per heavy atom. The molecule has 162 valence electrons. The van der Waals surface area contributed by atoms with Gasteiger partial charge in [-0.05, 0) is 61.7 Å². The maximum absolute atomic E-state index is 13.7. The SMILES string of the molecule is Cc1cc(SCC(=O)Nc2ccccc2F)nc2ccc(S(=O)(=O)N3CCCC3)cc12. The van der Waals surface area contributed by atoms with Crippen molar-refractivity contribution < 1.29 is 17.6 Å². The second-order valence-corrected chi connectivity index (χ2v) is 10.3. The molecule has 2 aromatic carbocycles. The van der Waals surface area contributed by atoms with E-state index in [-0.39, 0.29) is 22.2 Å². The van der Waals surface area contributed by atoms with E-state index in [4.69, 9.17) is 0 Å². The molecule has 0 aliphatic carbocycles. The molecular formula is C22H22FN3O3S2. The van der Waals surface area contributed by atoms with Crippen LogP contribution in [-0.4, -0.2) is 42.5 Å². The molecule has 31 heavy (non-hydrogen) atoms. The molecule has 1 aliphatic rings. The van der Waals surface area contributed by atoms with Crippen molar-refractivity contribution in [2.45, 2.75) is 29.7 Å². The van der Waals surface area contributed by atoms with Crippen LogP contribution in [0.25, 0.3) is 10.9 Å². The van der Waals surface area contributed by atoms with Gasteiger partial charge in [0.05, 0.1) is 26.9 Å². The van der Waals surface area contributed by atoms with E-state index >= 15 is 0 Å². The molecule has 3 aromatic rings. The number of aromatic nitrogens is 1. The molecule has 0 spiro atoms. The van der Waals surface area contributed by atoms with Gasteiger partial charge in [0.2, 0.25) is 15.9 Å². The molecule has 0 saturated carbocycles. The van der Waals surface area contributed by atoms with Crippen molar-refractivity contribution in [3.8, 4) is 0 Å². The third kappa shape index (κ3) is 4.73. The van der Waals surface area contributed by atoms with Gasteiger partial charge in [-0.25, -0.2) is 17.8 Å². The van der Waals surface area contributed by atoms with Crippen molar-refractivity contribution in [1.82, 2.24) is 9.29 Å². The minimum absolute atomic E-state index is 0.0771. The zero-order chi connectivity index (χ0) is 22.0. The summed E-state index contributed by atoms with van der Waals surface area (Å²) in [5.41, 5.74) is 1.68. The molecule has 0 atom stereocenters. The number of sulfonamides is 1. The highest BCUT2D eigenvalue weighted by Gasteiger charge is 2.27. The van der Waals surface area contributed by atoms with Crippen molar-refractivity contribution in [1.29, 1.82) is 0 Å². The van der Waals surface area contributed by atoms with Gasteiger partial charge in [0.25, 0.3) is 0 Å². The highest BCUT2D eigenvalue weighted by atomic mass is 32.2. The average Bonchev–Trinajstić information content (AvgIpc) is 3.30. The Labute approximate surface area is 184 Å². The molecule has 6 nitrogen and oxygen atoms in total. The van der Waals surface area contributed by atoms with Crippen LogP contribution >= 0.6 is 11.8 Å². The summed E-state index contributed by atoms with van der Waals surface area (Å²) in [6, 6.07) is 12.8. The number of nitrogens with zero attached hydrogens (tertiary/aromatic N) is 2. The van der Waals surface area contributed by atoms with Gasteiger partial charge in [0.15, 0.2) is 0 Å². The van der Waals surface area contributed by atoms with Crippen molar-refractivity contribution >= 4 is 44.3 Å². The molecule has 0 bridgehead atoms. The molecule has 1 aromatic heterocycles. The van der Waals surface area contributed by atoms with E-state index in [1.54, 1.807) is 30.3 Å². The topological polar surface area (TPSA) is 79.4 Å². The van der Waals surface area contributed by atoms with E-state index in [0.29, 0.717) is 23.6 Å². The zero-order valence-corrected chi connectivity index (χ0v) is 18.6. The fraction of sp³-hybridized carbons (Fsp3) is 0.273. The number of halogens is 1. The molecule has 9 heteroatoms. The van der Waals surface area contributed by atoms with Crippen LogP contribution in [0.1, 0.15) is 18.4 Å². The number of pyridine rings is 1. The number of aryl methyl sites for hydroxylation is 1. The number of carbonyl (C=O) groups excluding carboxylic acids is 1. The first-order valence-electron chi connectivity index (χ1n) is 9.93. The first kappa shape index (κ1) is 21.7. The van der Waals surface area contributed by atoms with E-state index in [1.165, 1.54) is 28.2 Å². The minimum Gasteiger partial charge on any atom is -0.323 e. The normalized spacial score (nSPS) is 14.8. The Hall–Kier alpha value is -2.49. The van der Waals surface area contributed by atoms with Gasteiger partial charge in [0, 0.05) is 18.5 Å². The van der Waals surface area contributed by atoms with Crippen LogP contribution in [-0.2, 0) is 14.8 Å². The molecule has 1 fully saturated rings. The lowest BCUT2D eigenvalue weighted by molar-refractivity contribution is -0.113. The summed E-state index contributed by atoms with van der Waals surface area (Å²) in [7, 11) is -3.50. The lowest BCUT2D eigenvalue weighted by atomic mass is 10.1. The van der Waals surface area contributed by atoms with E-state index in [9.17, 15) is 17.6 Å². The Balaban J connectivity index is 1.50. The Morgan fingerprint density at radius 3 is 2.65 bits per heavy atom. The number of hydrogen-bond acceptors (Lipinski definition) is 5. The van der Waals surface area contributed by atoms with Gasteiger partial charge in [-0.1, -0.05) is 23.9 Å². The largest absolute Gasteiger partial charge is 0.323 e. The van der Waals surface area contributed by atoms with Crippen molar-refractivity contribution in [2.75, 3.05) is 24.2 Å². The average molecular weight is 460 g/mol. The van der Waals surface area contributed by atoms with Gasteiger partial charge in [-0.2, -0.15) is 4.31 Å². The quantitative estimate of drug-likeness (QED) is 0.559. The minimum atomic E-state index is -3.50. The molecule has 0 unspecified atom stereocenters. The molecule has 4 rings (SSSR count). The Bertz CT molecular complexity index is 1240. The second kappa shape index (κ2) is 8.94. The van der Waals surface area contributed by atoms with E-state index in [2.05, 4.69) is 10.3 Å². The van der Waals surface area contributed by atoms with Crippen LogP contribution in [0.5, 0.6) is 0 Å². The van der Waals surface area contributed by atoms with Crippen molar-refractivity contribution in [2.24, 2.45) is 0 Å². The highest BCUT2D eigenvalue weighted by molar-refractivity contribution is 7.99. The number of amides is 1. The first-order valence-corrected chi connectivity index (χ1v) is 12.4. The van der Waals surface area contributed by atoms with E-state index in [0.717, 1.165) is 23.8 Å². The smallest absolute Gasteiger partial charge is 0.243 e. The fourth-order valence-electron chi connectivity index (χ4n) is 3.54. The van der Waals surface area contributed by atoms with Gasteiger partial charge in [-0.3, -0.25) is 4.79 Å². The number of hydrogen-bond donors (Lipinski definition) is 1. The number of rotatable bonds is 6. The standard InChI is InChI=1S/C22H22FN3O3S2/c1-15-12-22(30-14-21(27)24-20-7-3-2-6-18(20)23)25-19-9-8-16(13-17(15)19)31(28,29)26-10-4-5-11-26/h2-3,6-9,12-13H,4-5,10-11,14H2,1H3,(H,24,27). The number of anilines is 1. The number of fused-ring (bicyclic) bond motifs is 1. The van der Waals surface area contributed by atoms with Crippen LogP contribution in [0, 0.1) is 12.7 Å². The molecule has 0 radical (unpaired) electrons. The molecular weight excluding hydrogens is 437 g/mol. The number of nitrogens with one attached hydrogen (secondary N) is 1. The molecule has 1 saturated heterocycles. The summed E-state index contributed by atoms with van der Waals surface area (Å²) >= 11 is 1.24. The summed E-state index contributed by atoms with van der Waals surface area (Å²) < 4.78 is 40.9. The summed E-state index contributed by atoms with van der Waals surface area (Å²) in [6.07, 6.45) is 1.77. The van der Waals surface area contributed by atoms with E-state index in [1.807, 2.05) is 13.0 Å². The molecule has 1 amide bonds. The summed E-state index contributed by atoms with van der Waals surface area (Å²) in [5, 5.41) is 3.96. The number of carbonyl (C=O) groups is 1. The molecule has 1 N–H and O–H groups in total. The van der Waals surface area contributed by atoms with Crippen LogP contribution in [0.15, 0.2) is 58.5 Å². The molecule has 2 heterocycles. The monoisotopic (exact) mass is 459 g/mol. The predicted octanol–water partition coefficient (Wildman–Crippen LogP) is 4.20. The second-order valence-electron chi connectivity index (χ2n) is 7.38. The molecule has 1 aliphatic heterocycles. The van der Waals surface area contributed by atoms with Crippen LogP contribution in [0.4, 0.5) is 10.1 Å². The van der Waals surface area contributed by atoms with Crippen LogP contribution in [0.3, 0.4) is 0 Å². The number of para-hydroxylation sites is 1. The van der Waals surface area contributed by atoms with Gasteiger partial charge >= 0.3 is 0 Å². The lowest BCUT2D eigenvalue weighted by Gasteiger charge is -2.16.